The summed E-state index contributed by atoms with van der Waals surface area (Å²) < 4.78 is 13.3. The quantitative estimate of drug-likeness (QED) is 0.935. The number of fused-ring (bicyclic) bond motifs is 1. The van der Waals surface area contributed by atoms with Crippen LogP contribution in [0.4, 0.5) is 4.39 Å². The van der Waals surface area contributed by atoms with Crippen LogP contribution >= 0.6 is 0 Å². The second-order valence-corrected chi connectivity index (χ2v) is 5.22. The Balaban J connectivity index is 1.78. The van der Waals surface area contributed by atoms with Crippen LogP contribution in [0.5, 0.6) is 0 Å². The molecule has 0 saturated heterocycles. The molecule has 3 rings (SSSR count). The number of nitrogens with zero attached hydrogens (tertiary/aromatic N) is 3. The first kappa shape index (κ1) is 14.6. The molecule has 0 saturated carbocycles. The van der Waals surface area contributed by atoms with Gasteiger partial charge in [0, 0.05) is 31.4 Å². The van der Waals surface area contributed by atoms with Crippen LogP contribution in [0.1, 0.15) is 29.8 Å². The third kappa shape index (κ3) is 2.82. The van der Waals surface area contributed by atoms with E-state index in [0.717, 1.165) is 16.8 Å². The molecule has 0 fully saturated rings. The van der Waals surface area contributed by atoms with E-state index < -0.39 is 6.04 Å². The predicted molar refractivity (Wildman–Crippen MR) is 79.1 cm³/mol. The SMILES string of the molecule is CCN(Cc1cccc(F)c1)C(=O)C1NCc2ncncc21. The van der Waals surface area contributed by atoms with Crippen molar-refractivity contribution in [2.75, 3.05) is 6.54 Å². The molecule has 22 heavy (non-hydrogen) atoms. The Morgan fingerprint density at radius 2 is 2.36 bits per heavy atom. The average Bonchev–Trinajstić information content (AvgIpc) is 2.96. The average molecular weight is 300 g/mol. The fourth-order valence-corrected chi connectivity index (χ4v) is 2.67. The second-order valence-electron chi connectivity index (χ2n) is 5.22. The Morgan fingerprint density at radius 1 is 1.50 bits per heavy atom. The summed E-state index contributed by atoms with van der Waals surface area (Å²) in [7, 11) is 0. The number of amides is 1. The summed E-state index contributed by atoms with van der Waals surface area (Å²) in [6.07, 6.45) is 3.17. The summed E-state index contributed by atoms with van der Waals surface area (Å²) in [5.74, 6) is -0.334. The number of hydrogen-bond acceptors (Lipinski definition) is 4. The Labute approximate surface area is 128 Å². The Bertz CT molecular complexity index is 691. The fraction of sp³-hybridized carbons (Fsp3) is 0.312. The first-order valence-corrected chi connectivity index (χ1v) is 7.24. The van der Waals surface area contributed by atoms with E-state index in [1.54, 1.807) is 17.2 Å². The first-order chi connectivity index (χ1) is 10.7. The lowest BCUT2D eigenvalue weighted by Gasteiger charge is -2.24. The van der Waals surface area contributed by atoms with E-state index >= 15 is 0 Å². The molecule has 1 amide bonds. The zero-order valence-electron chi connectivity index (χ0n) is 12.3. The molecule has 0 spiro atoms. The largest absolute Gasteiger partial charge is 0.337 e. The van der Waals surface area contributed by atoms with E-state index in [2.05, 4.69) is 15.3 Å². The van der Waals surface area contributed by atoms with Gasteiger partial charge in [0.1, 0.15) is 18.2 Å². The van der Waals surface area contributed by atoms with Gasteiger partial charge in [0.2, 0.25) is 5.91 Å². The van der Waals surface area contributed by atoms with Crippen molar-refractivity contribution >= 4 is 5.91 Å². The lowest BCUT2D eigenvalue weighted by Crippen LogP contribution is -2.38. The van der Waals surface area contributed by atoms with Crippen molar-refractivity contribution in [2.24, 2.45) is 0 Å². The molecule has 1 N–H and O–H groups in total. The summed E-state index contributed by atoms with van der Waals surface area (Å²) in [4.78, 5) is 22.6. The molecule has 1 aliphatic heterocycles. The first-order valence-electron chi connectivity index (χ1n) is 7.24. The number of halogens is 1. The molecule has 6 heteroatoms. The van der Waals surface area contributed by atoms with Gasteiger partial charge in [-0.15, -0.1) is 0 Å². The normalized spacial score (nSPS) is 16.4. The van der Waals surface area contributed by atoms with Gasteiger partial charge in [0.15, 0.2) is 0 Å². The standard InChI is InChI=1S/C16H17FN4O/c1-2-21(9-11-4-3-5-12(17)6-11)16(22)15-13-7-18-10-20-14(13)8-19-15/h3-7,10,15,19H,2,8-9H2,1H3. The predicted octanol–water partition coefficient (Wildman–Crippen LogP) is 1.81. The number of benzene rings is 1. The minimum atomic E-state index is -0.426. The van der Waals surface area contributed by atoms with Gasteiger partial charge < -0.3 is 4.90 Å². The van der Waals surface area contributed by atoms with Gasteiger partial charge in [0.25, 0.3) is 0 Å². The van der Waals surface area contributed by atoms with Crippen LogP contribution < -0.4 is 5.32 Å². The summed E-state index contributed by atoms with van der Waals surface area (Å²) in [6.45, 7) is 3.41. The topological polar surface area (TPSA) is 58.1 Å². The number of rotatable bonds is 4. The Hall–Kier alpha value is -2.34. The molecule has 5 nitrogen and oxygen atoms in total. The molecule has 1 atom stereocenters. The Kier molecular flexibility index (Phi) is 4.11. The van der Waals surface area contributed by atoms with Crippen molar-refractivity contribution in [2.45, 2.75) is 26.1 Å². The Morgan fingerprint density at radius 3 is 3.14 bits per heavy atom. The van der Waals surface area contributed by atoms with Crippen molar-refractivity contribution in [3.63, 3.8) is 0 Å². The maximum Gasteiger partial charge on any atom is 0.244 e. The van der Waals surface area contributed by atoms with Crippen molar-refractivity contribution in [3.8, 4) is 0 Å². The minimum Gasteiger partial charge on any atom is -0.337 e. The molecular formula is C16H17FN4O. The van der Waals surface area contributed by atoms with Crippen LogP contribution in [0.2, 0.25) is 0 Å². The molecule has 1 aliphatic rings. The van der Waals surface area contributed by atoms with E-state index in [1.807, 2.05) is 13.0 Å². The number of hydrogen-bond donors (Lipinski definition) is 1. The van der Waals surface area contributed by atoms with Gasteiger partial charge in [0.05, 0.1) is 5.69 Å². The van der Waals surface area contributed by atoms with Crippen molar-refractivity contribution in [3.05, 3.63) is 59.4 Å². The maximum absolute atomic E-state index is 13.3. The maximum atomic E-state index is 13.3. The number of likely N-dealkylation sites (N-methyl/N-ethyl adjacent to an activating group) is 1. The van der Waals surface area contributed by atoms with Crippen LogP contribution in [0.25, 0.3) is 0 Å². The van der Waals surface area contributed by atoms with Crippen LogP contribution in [0.15, 0.2) is 36.8 Å². The lowest BCUT2D eigenvalue weighted by atomic mass is 10.1. The van der Waals surface area contributed by atoms with E-state index in [4.69, 9.17) is 0 Å². The number of aromatic nitrogens is 2. The smallest absolute Gasteiger partial charge is 0.244 e. The number of carbonyl (C=O) groups excluding carboxylic acids is 1. The molecule has 0 aliphatic carbocycles. The van der Waals surface area contributed by atoms with Crippen LogP contribution in [-0.2, 0) is 17.9 Å². The molecule has 0 bridgehead atoms. The second kappa shape index (κ2) is 6.19. The summed E-state index contributed by atoms with van der Waals surface area (Å²) >= 11 is 0. The van der Waals surface area contributed by atoms with Gasteiger partial charge in [-0.05, 0) is 24.6 Å². The monoisotopic (exact) mass is 300 g/mol. The molecule has 1 aromatic heterocycles. The summed E-state index contributed by atoms with van der Waals surface area (Å²) in [6, 6.07) is 5.89. The van der Waals surface area contributed by atoms with E-state index in [1.165, 1.54) is 18.5 Å². The van der Waals surface area contributed by atoms with Gasteiger partial charge in [-0.25, -0.2) is 14.4 Å². The molecule has 2 heterocycles. The van der Waals surface area contributed by atoms with Gasteiger partial charge in [-0.3, -0.25) is 10.1 Å². The van der Waals surface area contributed by atoms with Crippen molar-refractivity contribution in [1.29, 1.82) is 0 Å². The van der Waals surface area contributed by atoms with Gasteiger partial charge >= 0.3 is 0 Å². The fourth-order valence-electron chi connectivity index (χ4n) is 2.67. The van der Waals surface area contributed by atoms with E-state index in [-0.39, 0.29) is 11.7 Å². The van der Waals surface area contributed by atoms with Crippen LogP contribution in [-0.4, -0.2) is 27.3 Å². The highest BCUT2D eigenvalue weighted by Crippen LogP contribution is 2.25. The zero-order valence-corrected chi connectivity index (χ0v) is 12.3. The highest BCUT2D eigenvalue weighted by atomic mass is 19.1. The van der Waals surface area contributed by atoms with E-state index in [9.17, 15) is 9.18 Å². The van der Waals surface area contributed by atoms with Crippen LogP contribution in [0, 0.1) is 5.82 Å². The molecule has 1 unspecified atom stereocenters. The van der Waals surface area contributed by atoms with Crippen molar-refractivity contribution in [1.82, 2.24) is 20.2 Å². The highest BCUT2D eigenvalue weighted by molar-refractivity contribution is 5.84. The summed E-state index contributed by atoms with van der Waals surface area (Å²) in [5.41, 5.74) is 2.46. The van der Waals surface area contributed by atoms with E-state index in [0.29, 0.717) is 19.6 Å². The third-order valence-electron chi connectivity index (χ3n) is 3.81. The molecule has 114 valence electrons. The summed E-state index contributed by atoms with van der Waals surface area (Å²) in [5, 5.41) is 3.17. The molecule has 0 radical (unpaired) electrons. The zero-order chi connectivity index (χ0) is 15.5. The minimum absolute atomic E-state index is 0.0414. The van der Waals surface area contributed by atoms with Crippen LogP contribution in [0.3, 0.4) is 0 Å². The van der Waals surface area contributed by atoms with Crippen molar-refractivity contribution < 1.29 is 9.18 Å². The lowest BCUT2D eigenvalue weighted by molar-refractivity contribution is -0.133. The number of nitrogens with one attached hydrogen (secondary N) is 1. The van der Waals surface area contributed by atoms with Gasteiger partial charge in [-0.1, -0.05) is 12.1 Å². The third-order valence-corrected chi connectivity index (χ3v) is 3.81. The number of carbonyl (C=O) groups is 1. The molecule has 2 aromatic rings. The molecule has 1 aromatic carbocycles. The van der Waals surface area contributed by atoms with Gasteiger partial charge in [-0.2, -0.15) is 0 Å². The molecular weight excluding hydrogens is 283 g/mol. The highest BCUT2D eigenvalue weighted by Gasteiger charge is 2.32.